The van der Waals surface area contributed by atoms with Gasteiger partial charge in [0.15, 0.2) is 0 Å². The van der Waals surface area contributed by atoms with Crippen molar-refractivity contribution in [3.8, 4) is 11.1 Å². The molecule has 1 aliphatic heterocycles. The molecular weight excluding hydrogens is 424 g/mol. The van der Waals surface area contributed by atoms with Gasteiger partial charge in [-0.15, -0.1) is 0 Å². The minimum Gasteiger partial charge on any atom is -0.481 e. The summed E-state index contributed by atoms with van der Waals surface area (Å²) in [7, 11) is 0. The average Bonchev–Trinajstić information content (AvgIpc) is 3.31. The molecule has 174 valence electrons. The Hall–Kier alpha value is -3.39. The van der Waals surface area contributed by atoms with Crippen LogP contribution in [0.3, 0.4) is 0 Å². The lowest BCUT2D eigenvalue weighted by molar-refractivity contribution is -0.138. The van der Waals surface area contributed by atoms with E-state index in [-0.39, 0.29) is 31.9 Å². The largest absolute Gasteiger partial charge is 0.481 e. The Bertz CT molecular complexity index is 1020. The number of hydrogen-bond acceptors (Lipinski definition) is 5. The highest BCUT2D eigenvalue weighted by Crippen LogP contribution is 2.44. The minimum absolute atomic E-state index is 0.0585. The predicted molar refractivity (Wildman–Crippen MR) is 121 cm³/mol. The summed E-state index contributed by atoms with van der Waals surface area (Å²) in [5.41, 5.74) is 3.38. The van der Waals surface area contributed by atoms with Crippen molar-refractivity contribution in [2.75, 3.05) is 19.7 Å². The van der Waals surface area contributed by atoms with Crippen LogP contribution in [-0.4, -0.2) is 64.4 Å². The van der Waals surface area contributed by atoms with Gasteiger partial charge in [0.05, 0.1) is 5.60 Å². The number of amides is 2. The molecule has 33 heavy (non-hydrogen) atoms. The zero-order valence-electron chi connectivity index (χ0n) is 18.5. The number of carbonyl (C=O) groups is 3. The molecule has 8 nitrogen and oxygen atoms in total. The minimum atomic E-state index is -1.06. The number of nitrogens with one attached hydrogen (secondary N) is 1. The highest BCUT2D eigenvalue weighted by Gasteiger charge is 2.37. The van der Waals surface area contributed by atoms with Crippen molar-refractivity contribution in [1.82, 2.24) is 10.2 Å². The maximum Gasteiger partial charge on any atom is 0.407 e. The number of alkyl carbamates (subject to hydrolysis) is 1. The smallest absolute Gasteiger partial charge is 0.407 e. The fourth-order valence-electron chi connectivity index (χ4n) is 4.66. The number of aliphatic carboxylic acids is 1. The zero-order valence-corrected chi connectivity index (χ0v) is 18.5. The molecule has 0 spiro atoms. The van der Waals surface area contributed by atoms with E-state index in [1.54, 1.807) is 6.92 Å². The second-order valence-corrected chi connectivity index (χ2v) is 8.96. The first kappa shape index (κ1) is 22.8. The highest BCUT2D eigenvalue weighted by molar-refractivity contribution is 5.86. The van der Waals surface area contributed by atoms with Crippen molar-refractivity contribution < 1.29 is 29.3 Å². The van der Waals surface area contributed by atoms with Crippen LogP contribution in [0.15, 0.2) is 48.5 Å². The summed E-state index contributed by atoms with van der Waals surface area (Å²) in [4.78, 5) is 38.1. The van der Waals surface area contributed by atoms with Gasteiger partial charge in [-0.3, -0.25) is 9.59 Å². The number of nitrogens with zero attached hydrogens (tertiary/aromatic N) is 1. The van der Waals surface area contributed by atoms with Crippen molar-refractivity contribution >= 4 is 18.0 Å². The number of carboxylic acid groups (broad SMARTS) is 1. The lowest BCUT2D eigenvalue weighted by Crippen LogP contribution is -2.49. The fourth-order valence-corrected chi connectivity index (χ4v) is 4.66. The van der Waals surface area contributed by atoms with E-state index in [1.807, 2.05) is 48.5 Å². The summed E-state index contributed by atoms with van der Waals surface area (Å²) in [5.74, 6) is -1.59. The molecule has 2 aromatic carbocycles. The van der Waals surface area contributed by atoms with Gasteiger partial charge >= 0.3 is 12.1 Å². The van der Waals surface area contributed by atoms with E-state index in [0.29, 0.717) is 13.0 Å². The molecule has 0 radical (unpaired) electrons. The van der Waals surface area contributed by atoms with E-state index in [4.69, 9.17) is 9.84 Å². The topological polar surface area (TPSA) is 116 Å². The summed E-state index contributed by atoms with van der Waals surface area (Å²) >= 11 is 0. The summed E-state index contributed by atoms with van der Waals surface area (Å²) < 4.78 is 5.51. The van der Waals surface area contributed by atoms with Gasteiger partial charge in [0.25, 0.3) is 0 Å². The number of carbonyl (C=O) groups excluding carboxylic acids is 2. The molecule has 1 fully saturated rings. The number of fused-ring (bicyclic) bond motifs is 3. The highest BCUT2D eigenvalue weighted by atomic mass is 16.5. The molecule has 1 aliphatic carbocycles. The van der Waals surface area contributed by atoms with Gasteiger partial charge in [-0.2, -0.15) is 0 Å². The maximum atomic E-state index is 12.9. The Morgan fingerprint density at radius 1 is 1.12 bits per heavy atom. The molecular formula is C25H28N2O6. The van der Waals surface area contributed by atoms with Crippen LogP contribution in [0, 0.1) is 0 Å². The number of β-amino-alcohol motifs (C(OH)–C–C–N with tert-alkyl or cyclic N) is 1. The van der Waals surface area contributed by atoms with Crippen LogP contribution in [0.4, 0.5) is 4.79 Å². The van der Waals surface area contributed by atoms with Crippen LogP contribution in [-0.2, 0) is 14.3 Å². The normalized spacial score (nSPS) is 20.1. The zero-order chi connectivity index (χ0) is 23.6. The second-order valence-electron chi connectivity index (χ2n) is 8.96. The number of aliphatic hydroxyl groups is 1. The van der Waals surface area contributed by atoms with E-state index in [2.05, 4.69) is 5.32 Å². The number of likely N-dealkylation sites (tertiary alicyclic amines) is 1. The Kier molecular flexibility index (Phi) is 6.37. The van der Waals surface area contributed by atoms with Crippen LogP contribution in [0.1, 0.15) is 43.2 Å². The van der Waals surface area contributed by atoms with Gasteiger partial charge in [0, 0.05) is 25.4 Å². The maximum absolute atomic E-state index is 12.9. The molecule has 2 unspecified atom stereocenters. The third kappa shape index (κ3) is 5.01. The predicted octanol–water partition coefficient (Wildman–Crippen LogP) is 2.74. The van der Waals surface area contributed by atoms with Crippen LogP contribution >= 0.6 is 0 Å². The lowest BCUT2D eigenvalue weighted by atomic mass is 9.98. The SMILES string of the molecule is CC1(O)CCN(C(=O)C(CCC(=O)O)NC(=O)OCC2c3ccccc3-c3ccccc32)C1. The first-order chi connectivity index (χ1) is 15.7. The van der Waals surface area contributed by atoms with E-state index < -0.39 is 29.6 Å². The molecule has 0 aromatic heterocycles. The second kappa shape index (κ2) is 9.23. The molecule has 2 atom stereocenters. The number of carboxylic acids is 1. The fraction of sp³-hybridized carbons (Fsp3) is 0.400. The van der Waals surface area contributed by atoms with Crippen LogP contribution < -0.4 is 5.32 Å². The van der Waals surface area contributed by atoms with Gasteiger partial charge in [-0.25, -0.2) is 4.79 Å². The van der Waals surface area contributed by atoms with Crippen molar-refractivity contribution in [3.05, 3.63) is 59.7 Å². The Balaban J connectivity index is 1.42. The molecule has 0 bridgehead atoms. The van der Waals surface area contributed by atoms with Crippen molar-refractivity contribution in [2.45, 2.75) is 43.7 Å². The molecule has 2 amide bonds. The Labute approximate surface area is 192 Å². The molecule has 1 heterocycles. The van der Waals surface area contributed by atoms with Crippen molar-refractivity contribution in [3.63, 3.8) is 0 Å². The molecule has 8 heteroatoms. The lowest BCUT2D eigenvalue weighted by Gasteiger charge is -2.25. The number of benzene rings is 2. The summed E-state index contributed by atoms with van der Waals surface area (Å²) in [6.07, 6.45) is -0.678. The van der Waals surface area contributed by atoms with Gasteiger partial charge in [0.2, 0.25) is 5.91 Å². The number of rotatable bonds is 7. The van der Waals surface area contributed by atoms with Gasteiger partial charge in [-0.05, 0) is 42.0 Å². The standard InChI is InChI=1S/C25H28N2O6/c1-25(32)12-13-27(15-25)23(30)21(10-11-22(28)29)26-24(31)33-14-20-18-8-4-2-6-16(18)17-7-3-5-9-19(17)20/h2-9,20-21,32H,10-15H2,1H3,(H,26,31)(H,28,29). The molecule has 2 aromatic rings. The van der Waals surface area contributed by atoms with Gasteiger partial charge in [0.1, 0.15) is 12.6 Å². The van der Waals surface area contributed by atoms with Crippen LogP contribution in [0.2, 0.25) is 0 Å². The van der Waals surface area contributed by atoms with Crippen LogP contribution in [0.25, 0.3) is 11.1 Å². The summed E-state index contributed by atoms with van der Waals surface area (Å²) in [6.45, 7) is 2.23. The van der Waals surface area contributed by atoms with Crippen LogP contribution in [0.5, 0.6) is 0 Å². The van der Waals surface area contributed by atoms with Crippen molar-refractivity contribution in [2.24, 2.45) is 0 Å². The third-order valence-corrected chi connectivity index (χ3v) is 6.34. The molecule has 2 aliphatic rings. The number of ether oxygens (including phenoxy) is 1. The molecule has 1 saturated heterocycles. The first-order valence-corrected chi connectivity index (χ1v) is 11.1. The molecule has 0 saturated carbocycles. The third-order valence-electron chi connectivity index (χ3n) is 6.34. The van der Waals surface area contributed by atoms with E-state index in [9.17, 15) is 19.5 Å². The first-order valence-electron chi connectivity index (χ1n) is 11.1. The average molecular weight is 453 g/mol. The monoisotopic (exact) mass is 452 g/mol. The summed E-state index contributed by atoms with van der Waals surface area (Å²) in [6, 6.07) is 14.9. The van der Waals surface area contributed by atoms with E-state index in [0.717, 1.165) is 22.3 Å². The molecule has 4 rings (SSSR count). The Morgan fingerprint density at radius 2 is 1.73 bits per heavy atom. The molecule has 3 N–H and O–H groups in total. The quantitative estimate of drug-likeness (QED) is 0.595. The van der Waals surface area contributed by atoms with Gasteiger partial charge < -0.3 is 25.2 Å². The summed E-state index contributed by atoms with van der Waals surface area (Å²) in [5, 5.41) is 21.8. The van der Waals surface area contributed by atoms with E-state index in [1.165, 1.54) is 4.90 Å². The van der Waals surface area contributed by atoms with E-state index >= 15 is 0 Å². The van der Waals surface area contributed by atoms with Gasteiger partial charge in [-0.1, -0.05) is 48.5 Å². The Morgan fingerprint density at radius 3 is 2.27 bits per heavy atom. The number of hydrogen-bond donors (Lipinski definition) is 3. The van der Waals surface area contributed by atoms with Crippen molar-refractivity contribution in [1.29, 1.82) is 0 Å².